The molecule has 0 fully saturated rings. The van der Waals surface area contributed by atoms with Gasteiger partial charge in [-0.05, 0) is 51.3 Å². The number of aromatic nitrogens is 2. The summed E-state index contributed by atoms with van der Waals surface area (Å²) in [4.78, 5) is 12.2. The largest absolute Gasteiger partial charge is 0.308 e. The Morgan fingerprint density at radius 3 is 2.64 bits per heavy atom. The molecule has 4 heteroatoms. The molecule has 0 radical (unpaired) electrons. The van der Waals surface area contributed by atoms with Gasteiger partial charge in [0.2, 0.25) is 5.43 Å². The van der Waals surface area contributed by atoms with Gasteiger partial charge < -0.3 is 5.32 Å². The van der Waals surface area contributed by atoms with E-state index in [1.807, 2.05) is 11.6 Å². The Hall–Kier alpha value is -1.94. The molecule has 1 aromatic heterocycles. The zero-order chi connectivity index (χ0) is 16.3. The molecule has 22 heavy (non-hydrogen) atoms. The Kier molecular flexibility index (Phi) is 5.14. The monoisotopic (exact) mass is 299 g/mol. The topological polar surface area (TPSA) is 46.9 Å². The van der Waals surface area contributed by atoms with Crippen molar-refractivity contribution < 1.29 is 0 Å². The standard InChI is InChI=1S/C18H25N3O/c1-6-14(4)19-11-16-18(22)10-15(5)21(20-16)17-9-12(2)7-8-13(17)3/h7-10,14,19H,6,11H2,1-5H3. The normalized spacial score (nSPS) is 12.4. The highest BCUT2D eigenvalue weighted by molar-refractivity contribution is 5.43. The van der Waals surface area contributed by atoms with Crippen molar-refractivity contribution in [1.82, 2.24) is 15.1 Å². The van der Waals surface area contributed by atoms with Gasteiger partial charge in [-0.15, -0.1) is 0 Å². The van der Waals surface area contributed by atoms with Crippen LogP contribution in [-0.4, -0.2) is 15.8 Å². The summed E-state index contributed by atoms with van der Waals surface area (Å²) in [5.41, 5.74) is 4.76. The summed E-state index contributed by atoms with van der Waals surface area (Å²) in [5.74, 6) is 0. The molecule has 0 saturated heterocycles. The highest BCUT2D eigenvalue weighted by Gasteiger charge is 2.10. The van der Waals surface area contributed by atoms with E-state index in [2.05, 4.69) is 56.3 Å². The molecular weight excluding hydrogens is 274 g/mol. The third-order valence-corrected chi connectivity index (χ3v) is 4.00. The van der Waals surface area contributed by atoms with E-state index in [0.717, 1.165) is 23.4 Å². The van der Waals surface area contributed by atoms with E-state index >= 15 is 0 Å². The summed E-state index contributed by atoms with van der Waals surface area (Å²) in [5, 5.41) is 7.93. The molecule has 1 atom stereocenters. The first-order valence-electron chi connectivity index (χ1n) is 7.83. The van der Waals surface area contributed by atoms with Crippen LogP contribution in [0.3, 0.4) is 0 Å². The fraction of sp³-hybridized carbons (Fsp3) is 0.444. The van der Waals surface area contributed by atoms with Gasteiger partial charge in [0.15, 0.2) is 0 Å². The predicted molar refractivity (Wildman–Crippen MR) is 90.6 cm³/mol. The first kappa shape index (κ1) is 16.4. The Balaban J connectivity index is 2.44. The SMILES string of the molecule is CCC(C)NCc1nn(-c2cc(C)ccc2C)c(C)cc1=O. The molecule has 0 amide bonds. The molecule has 118 valence electrons. The molecule has 0 aliphatic rings. The summed E-state index contributed by atoms with van der Waals surface area (Å²) in [6, 6.07) is 8.31. The zero-order valence-electron chi connectivity index (χ0n) is 14.1. The fourth-order valence-electron chi connectivity index (χ4n) is 2.31. The van der Waals surface area contributed by atoms with Crippen molar-refractivity contribution in [1.29, 1.82) is 0 Å². The van der Waals surface area contributed by atoms with E-state index in [9.17, 15) is 4.79 Å². The number of benzene rings is 1. The average Bonchev–Trinajstić information content (AvgIpc) is 2.49. The van der Waals surface area contributed by atoms with E-state index in [1.165, 1.54) is 5.56 Å². The minimum Gasteiger partial charge on any atom is -0.308 e. The van der Waals surface area contributed by atoms with Crippen LogP contribution in [0.15, 0.2) is 29.1 Å². The van der Waals surface area contributed by atoms with Crippen LogP contribution >= 0.6 is 0 Å². The predicted octanol–water partition coefficient (Wildman–Crippen LogP) is 3.05. The van der Waals surface area contributed by atoms with Crippen molar-refractivity contribution >= 4 is 0 Å². The summed E-state index contributed by atoms with van der Waals surface area (Å²) < 4.78 is 1.87. The molecule has 2 rings (SSSR count). The van der Waals surface area contributed by atoms with Gasteiger partial charge in [-0.2, -0.15) is 5.10 Å². The summed E-state index contributed by atoms with van der Waals surface area (Å²) in [6.07, 6.45) is 1.02. The third-order valence-electron chi connectivity index (χ3n) is 4.00. The van der Waals surface area contributed by atoms with Crippen molar-refractivity contribution in [2.45, 2.75) is 53.6 Å². The third kappa shape index (κ3) is 3.63. The number of hydrogen-bond donors (Lipinski definition) is 1. The van der Waals surface area contributed by atoms with Gasteiger partial charge in [0.05, 0.1) is 5.69 Å². The molecule has 0 spiro atoms. The van der Waals surface area contributed by atoms with Crippen molar-refractivity contribution in [3.8, 4) is 5.69 Å². The first-order valence-corrected chi connectivity index (χ1v) is 7.83. The Morgan fingerprint density at radius 1 is 1.23 bits per heavy atom. The highest BCUT2D eigenvalue weighted by Crippen LogP contribution is 2.16. The van der Waals surface area contributed by atoms with E-state index in [-0.39, 0.29) is 5.43 Å². The van der Waals surface area contributed by atoms with E-state index in [4.69, 9.17) is 0 Å². The van der Waals surface area contributed by atoms with Crippen LogP contribution in [0.4, 0.5) is 0 Å². The van der Waals surface area contributed by atoms with Gasteiger partial charge >= 0.3 is 0 Å². The van der Waals surface area contributed by atoms with Crippen LogP contribution in [0.2, 0.25) is 0 Å². The summed E-state index contributed by atoms with van der Waals surface area (Å²) >= 11 is 0. The molecule has 0 bridgehead atoms. The minimum atomic E-state index is -0.00476. The quantitative estimate of drug-likeness (QED) is 0.923. The molecule has 1 aromatic carbocycles. The molecule has 4 nitrogen and oxygen atoms in total. The fourth-order valence-corrected chi connectivity index (χ4v) is 2.31. The molecule has 0 aliphatic carbocycles. The van der Waals surface area contributed by atoms with Crippen LogP contribution in [-0.2, 0) is 6.54 Å². The van der Waals surface area contributed by atoms with Crippen LogP contribution in [0.1, 0.15) is 42.8 Å². The second kappa shape index (κ2) is 6.88. The van der Waals surface area contributed by atoms with Gasteiger partial charge in [-0.25, -0.2) is 4.68 Å². The van der Waals surface area contributed by atoms with E-state index in [0.29, 0.717) is 18.3 Å². The molecule has 1 heterocycles. The second-order valence-corrected chi connectivity index (χ2v) is 5.99. The van der Waals surface area contributed by atoms with Gasteiger partial charge in [-0.3, -0.25) is 4.79 Å². The van der Waals surface area contributed by atoms with Crippen molar-refractivity contribution in [2.24, 2.45) is 0 Å². The van der Waals surface area contributed by atoms with Crippen LogP contribution in [0.5, 0.6) is 0 Å². The number of aryl methyl sites for hydroxylation is 3. The van der Waals surface area contributed by atoms with Gasteiger partial charge in [0.25, 0.3) is 0 Å². The number of nitrogens with one attached hydrogen (secondary N) is 1. The molecule has 1 unspecified atom stereocenters. The number of hydrogen-bond acceptors (Lipinski definition) is 3. The van der Waals surface area contributed by atoms with Gasteiger partial charge in [0, 0.05) is 24.3 Å². The van der Waals surface area contributed by atoms with Gasteiger partial charge in [0.1, 0.15) is 5.69 Å². The van der Waals surface area contributed by atoms with Crippen LogP contribution < -0.4 is 10.7 Å². The average molecular weight is 299 g/mol. The smallest absolute Gasteiger partial charge is 0.204 e. The maximum atomic E-state index is 12.2. The summed E-state index contributed by atoms with van der Waals surface area (Å²) in [7, 11) is 0. The zero-order valence-corrected chi connectivity index (χ0v) is 14.1. The first-order chi connectivity index (χ1) is 10.4. The van der Waals surface area contributed by atoms with Crippen molar-refractivity contribution in [3.05, 3.63) is 57.0 Å². The Morgan fingerprint density at radius 2 is 1.95 bits per heavy atom. The summed E-state index contributed by atoms with van der Waals surface area (Å²) in [6.45, 7) is 10.8. The molecule has 2 aromatic rings. The second-order valence-electron chi connectivity index (χ2n) is 5.99. The molecule has 1 N–H and O–H groups in total. The number of rotatable bonds is 5. The molecule has 0 saturated carbocycles. The molecule has 0 aliphatic heterocycles. The lowest BCUT2D eigenvalue weighted by Crippen LogP contribution is -2.29. The van der Waals surface area contributed by atoms with Crippen LogP contribution in [0, 0.1) is 20.8 Å². The lowest BCUT2D eigenvalue weighted by Gasteiger charge is -2.15. The lowest BCUT2D eigenvalue weighted by molar-refractivity contribution is 0.521. The Bertz CT molecular complexity index is 719. The van der Waals surface area contributed by atoms with Crippen LogP contribution in [0.25, 0.3) is 5.69 Å². The number of nitrogens with zero attached hydrogens (tertiary/aromatic N) is 2. The maximum Gasteiger partial charge on any atom is 0.204 e. The lowest BCUT2D eigenvalue weighted by atomic mass is 10.1. The van der Waals surface area contributed by atoms with Crippen molar-refractivity contribution in [2.75, 3.05) is 0 Å². The van der Waals surface area contributed by atoms with Crippen molar-refractivity contribution in [3.63, 3.8) is 0 Å². The van der Waals surface area contributed by atoms with E-state index in [1.54, 1.807) is 6.07 Å². The van der Waals surface area contributed by atoms with Gasteiger partial charge in [-0.1, -0.05) is 19.1 Å². The molecular formula is C18H25N3O. The minimum absolute atomic E-state index is 0.00476. The maximum absolute atomic E-state index is 12.2. The Labute approximate surface area is 132 Å². The van der Waals surface area contributed by atoms with E-state index < -0.39 is 0 Å². The highest BCUT2D eigenvalue weighted by atomic mass is 16.1.